The molecule has 2 aromatic heterocycles. The van der Waals surface area contributed by atoms with Crippen LogP contribution in [0.1, 0.15) is 34.5 Å². The second kappa shape index (κ2) is 7.03. The maximum atomic E-state index is 12.4. The zero-order valence-corrected chi connectivity index (χ0v) is 15.2. The van der Waals surface area contributed by atoms with Crippen LogP contribution in [0.5, 0.6) is 0 Å². The molecule has 134 valence electrons. The third-order valence-electron chi connectivity index (χ3n) is 5.32. The van der Waals surface area contributed by atoms with Crippen LogP contribution in [0.2, 0.25) is 0 Å². The Morgan fingerprint density at radius 3 is 2.81 bits per heavy atom. The minimum Gasteiger partial charge on any atom is -0.349 e. The van der Waals surface area contributed by atoms with Gasteiger partial charge >= 0.3 is 0 Å². The highest BCUT2D eigenvalue weighted by molar-refractivity contribution is 7.10. The number of hydrogen-bond donors (Lipinski definition) is 1. The van der Waals surface area contributed by atoms with Gasteiger partial charge in [0.15, 0.2) is 0 Å². The highest BCUT2D eigenvalue weighted by Gasteiger charge is 2.49. The molecule has 1 N–H and O–H groups in total. The van der Waals surface area contributed by atoms with Gasteiger partial charge in [0.2, 0.25) is 5.91 Å². The van der Waals surface area contributed by atoms with Crippen molar-refractivity contribution in [3.63, 3.8) is 0 Å². The number of nitrogens with zero attached hydrogens (tertiary/aromatic N) is 2. The van der Waals surface area contributed by atoms with Gasteiger partial charge in [-0.3, -0.25) is 14.6 Å². The Morgan fingerprint density at radius 1 is 1.27 bits per heavy atom. The Bertz CT molecular complexity index is 811. The van der Waals surface area contributed by atoms with E-state index in [9.17, 15) is 9.59 Å². The number of carbonyl (C=O) groups is 2. The third kappa shape index (κ3) is 3.55. The molecular formula is C20H21N3O2S. The molecule has 2 aromatic rings. The molecule has 1 saturated carbocycles. The number of likely N-dealkylation sites (tertiary alicyclic amines) is 1. The summed E-state index contributed by atoms with van der Waals surface area (Å²) in [6.07, 6.45) is 9.73. The molecule has 26 heavy (non-hydrogen) atoms. The number of hydrogen-bond acceptors (Lipinski definition) is 4. The molecule has 0 bridgehead atoms. The van der Waals surface area contributed by atoms with Gasteiger partial charge in [0.05, 0.1) is 0 Å². The Hall–Kier alpha value is -2.47. The first-order valence-corrected chi connectivity index (χ1v) is 9.73. The maximum Gasteiger partial charge on any atom is 0.251 e. The maximum absolute atomic E-state index is 12.4. The van der Waals surface area contributed by atoms with E-state index in [4.69, 9.17) is 0 Å². The number of aromatic nitrogens is 1. The van der Waals surface area contributed by atoms with Crippen LogP contribution in [0.4, 0.5) is 0 Å². The summed E-state index contributed by atoms with van der Waals surface area (Å²) in [5.41, 5.74) is 0.825. The van der Waals surface area contributed by atoms with Crippen LogP contribution in [-0.4, -0.2) is 40.8 Å². The van der Waals surface area contributed by atoms with Crippen LogP contribution in [0.15, 0.2) is 48.1 Å². The topological polar surface area (TPSA) is 62.3 Å². The van der Waals surface area contributed by atoms with Crippen molar-refractivity contribution in [1.29, 1.82) is 0 Å². The van der Waals surface area contributed by atoms with Crippen LogP contribution < -0.4 is 5.32 Å². The number of nitrogens with one attached hydrogen (secondary N) is 1. The number of amides is 2. The van der Waals surface area contributed by atoms with Gasteiger partial charge in [0.25, 0.3) is 5.91 Å². The molecule has 0 aromatic carbocycles. The fraction of sp³-hybridized carbons (Fsp3) is 0.350. The smallest absolute Gasteiger partial charge is 0.251 e. The highest BCUT2D eigenvalue weighted by atomic mass is 32.1. The summed E-state index contributed by atoms with van der Waals surface area (Å²) in [4.78, 5) is 31.6. The SMILES string of the molecule is O=C(NC1CC2(CCN(C(=O)/C=C/c3cccs3)C2)C1)c1ccncc1. The summed E-state index contributed by atoms with van der Waals surface area (Å²) in [5.74, 6) is 0.0385. The van der Waals surface area contributed by atoms with E-state index in [2.05, 4.69) is 10.3 Å². The molecule has 0 unspecified atom stereocenters. The number of carbonyl (C=O) groups excluding carboxylic acids is 2. The molecule has 1 aliphatic carbocycles. The van der Waals surface area contributed by atoms with E-state index in [0.29, 0.717) is 5.56 Å². The van der Waals surface area contributed by atoms with E-state index in [0.717, 1.165) is 37.2 Å². The van der Waals surface area contributed by atoms with Crippen LogP contribution in [0.25, 0.3) is 6.08 Å². The standard InChI is InChI=1S/C20H21N3O2S/c24-18(4-3-17-2-1-11-26-17)23-10-7-20(14-23)12-16(13-20)22-19(25)15-5-8-21-9-6-15/h1-6,8-9,11,16H,7,10,12-14H2,(H,22,25)/b4-3+. The first-order chi connectivity index (χ1) is 12.6. The second-order valence-corrected chi connectivity index (χ2v) is 8.15. The van der Waals surface area contributed by atoms with Crippen molar-refractivity contribution in [1.82, 2.24) is 15.2 Å². The van der Waals surface area contributed by atoms with Crippen molar-refractivity contribution >= 4 is 29.2 Å². The molecule has 2 amide bonds. The lowest BCUT2D eigenvalue weighted by atomic mass is 9.65. The molecule has 1 spiro atoms. The van der Waals surface area contributed by atoms with Gasteiger partial charge in [-0.1, -0.05) is 6.07 Å². The van der Waals surface area contributed by atoms with E-state index in [1.54, 1.807) is 41.9 Å². The van der Waals surface area contributed by atoms with Gasteiger partial charge in [-0.15, -0.1) is 11.3 Å². The van der Waals surface area contributed by atoms with E-state index in [1.807, 2.05) is 28.5 Å². The van der Waals surface area contributed by atoms with Crippen LogP contribution in [0, 0.1) is 5.41 Å². The fourth-order valence-corrected chi connectivity index (χ4v) is 4.58. The monoisotopic (exact) mass is 367 g/mol. The molecular weight excluding hydrogens is 346 g/mol. The van der Waals surface area contributed by atoms with Gasteiger partial charge in [-0.2, -0.15) is 0 Å². The van der Waals surface area contributed by atoms with Gasteiger partial charge < -0.3 is 10.2 Å². The van der Waals surface area contributed by atoms with Crippen LogP contribution >= 0.6 is 11.3 Å². The van der Waals surface area contributed by atoms with Crippen LogP contribution in [0.3, 0.4) is 0 Å². The molecule has 2 aliphatic rings. The minimum atomic E-state index is -0.0444. The summed E-state index contributed by atoms with van der Waals surface area (Å²) < 4.78 is 0. The Labute approximate surface area is 156 Å². The molecule has 3 heterocycles. The van der Waals surface area contributed by atoms with Crippen molar-refractivity contribution in [2.24, 2.45) is 5.41 Å². The van der Waals surface area contributed by atoms with Crippen molar-refractivity contribution in [3.05, 3.63) is 58.6 Å². The van der Waals surface area contributed by atoms with E-state index in [1.165, 1.54) is 0 Å². The predicted molar refractivity (Wildman–Crippen MR) is 102 cm³/mol. The molecule has 6 heteroatoms. The fourth-order valence-electron chi connectivity index (χ4n) is 3.96. The lowest BCUT2D eigenvalue weighted by Gasteiger charge is -2.45. The average Bonchev–Trinajstić information content (AvgIpc) is 3.30. The molecule has 1 saturated heterocycles. The minimum absolute atomic E-state index is 0.0444. The lowest BCUT2D eigenvalue weighted by molar-refractivity contribution is -0.125. The average molecular weight is 367 g/mol. The number of pyridine rings is 1. The normalized spacial score (nSPS) is 24.8. The summed E-state index contributed by atoms with van der Waals surface area (Å²) in [5, 5.41) is 5.09. The Kier molecular flexibility index (Phi) is 4.59. The summed E-state index contributed by atoms with van der Waals surface area (Å²) in [6.45, 7) is 1.60. The second-order valence-electron chi connectivity index (χ2n) is 7.17. The quantitative estimate of drug-likeness (QED) is 0.845. The van der Waals surface area contributed by atoms with Crippen molar-refractivity contribution in [2.75, 3.05) is 13.1 Å². The molecule has 4 rings (SSSR count). The number of rotatable bonds is 4. The van der Waals surface area contributed by atoms with E-state index < -0.39 is 0 Å². The first kappa shape index (κ1) is 17.0. The van der Waals surface area contributed by atoms with Gasteiger partial charge in [-0.05, 0) is 54.3 Å². The summed E-state index contributed by atoms with van der Waals surface area (Å²) in [7, 11) is 0. The van der Waals surface area contributed by atoms with Crippen molar-refractivity contribution in [2.45, 2.75) is 25.3 Å². The first-order valence-electron chi connectivity index (χ1n) is 8.85. The van der Waals surface area contributed by atoms with Crippen LogP contribution in [-0.2, 0) is 4.79 Å². The Morgan fingerprint density at radius 2 is 2.08 bits per heavy atom. The summed E-state index contributed by atoms with van der Waals surface area (Å²) >= 11 is 1.63. The van der Waals surface area contributed by atoms with Crippen molar-refractivity contribution < 1.29 is 9.59 Å². The number of thiophene rings is 1. The van der Waals surface area contributed by atoms with Gasteiger partial charge in [-0.25, -0.2) is 0 Å². The molecule has 0 atom stereocenters. The zero-order valence-electron chi connectivity index (χ0n) is 14.4. The summed E-state index contributed by atoms with van der Waals surface area (Å²) in [6, 6.07) is 7.63. The highest BCUT2D eigenvalue weighted by Crippen LogP contribution is 2.48. The van der Waals surface area contributed by atoms with Gasteiger partial charge in [0.1, 0.15) is 0 Å². The third-order valence-corrected chi connectivity index (χ3v) is 6.16. The Balaban J connectivity index is 1.27. The molecule has 1 aliphatic heterocycles. The van der Waals surface area contributed by atoms with Gasteiger partial charge in [0, 0.05) is 48.0 Å². The van der Waals surface area contributed by atoms with E-state index in [-0.39, 0.29) is 23.3 Å². The zero-order chi connectivity index (χ0) is 18.0. The van der Waals surface area contributed by atoms with E-state index >= 15 is 0 Å². The largest absolute Gasteiger partial charge is 0.349 e. The molecule has 2 fully saturated rings. The lowest BCUT2D eigenvalue weighted by Crippen LogP contribution is -2.52. The molecule has 0 radical (unpaired) electrons. The molecule has 5 nitrogen and oxygen atoms in total. The van der Waals surface area contributed by atoms with Crippen molar-refractivity contribution in [3.8, 4) is 0 Å². The predicted octanol–water partition coefficient (Wildman–Crippen LogP) is 2.97.